The normalized spacial score (nSPS) is 19.6. The Labute approximate surface area is 119 Å². The molecule has 1 heterocycles. The topological polar surface area (TPSA) is 73.6 Å². The molecule has 1 aromatic rings. The molecule has 1 fully saturated rings. The maximum Gasteiger partial charge on any atom is 0.223 e. The monoisotopic (exact) mass is 278 g/mol. The van der Waals surface area contributed by atoms with Gasteiger partial charge in [-0.3, -0.25) is 4.79 Å². The first-order chi connectivity index (χ1) is 9.65. The van der Waals surface area contributed by atoms with Crippen molar-refractivity contribution in [2.45, 2.75) is 25.8 Å². The molecule has 20 heavy (non-hydrogen) atoms. The van der Waals surface area contributed by atoms with Gasteiger partial charge >= 0.3 is 0 Å². The number of hydrogen-bond donors (Lipinski definition) is 2. The summed E-state index contributed by atoms with van der Waals surface area (Å²) >= 11 is 0. The second-order valence-corrected chi connectivity index (χ2v) is 5.15. The van der Waals surface area contributed by atoms with Gasteiger partial charge in [-0.2, -0.15) is 0 Å². The number of carbonyl (C=O) groups excluding carboxylic acids is 1. The van der Waals surface area contributed by atoms with Crippen molar-refractivity contribution in [3.05, 3.63) is 24.3 Å². The maximum absolute atomic E-state index is 11.8. The summed E-state index contributed by atoms with van der Waals surface area (Å²) in [5.74, 6) is 1.17. The Balaban J connectivity index is 1.65. The molecule has 0 aliphatic carbocycles. The predicted molar refractivity (Wildman–Crippen MR) is 77.5 cm³/mol. The molecular weight excluding hydrogens is 256 g/mol. The zero-order valence-corrected chi connectivity index (χ0v) is 11.8. The Hall–Kier alpha value is -1.75. The van der Waals surface area contributed by atoms with Gasteiger partial charge in [0.05, 0.1) is 19.6 Å². The first-order valence-electron chi connectivity index (χ1n) is 7.00. The third-order valence-corrected chi connectivity index (χ3v) is 3.54. The van der Waals surface area contributed by atoms with Crippen molar-refractivity contribution in [3.8, 4) is 5.75 Å². The highest BCUT2D eigenvalue weighted by Gasteiger charge is 2.23. The molecule has 2 atom stereocenters. The SMILES string of the molecule is CC(NC(=O)CCOc1ccc(N)cc1)C1CCOC1. The lowest BCUT2D eigenvalue weighted by molar-refractivity contribution is -0.122. The molecule has 5 nitrogen and oxygen atoms in total. The zero-order valence-electron chi connectivity index (χ0n) is 11.8. The smallest absolute Gasteiger partial charge is 0.223 e. The molecular formula is C15H22N2O3. The highest BCUT2D eigenvalue weighted by Crippen LogP contribution is 2.16. The van der Waals surface area contributed by atoms with E-state index in [1.165, 1.54) is 0 Å². The quantitative estimate of drug-likeness (QED) is 0.775. The minimum Gasteiger partial charge on any atom is -0.493 e. The van der Waals surface area contributed by atoms with Crippen LogP contribution in [0.15, 0.2) is 24.3 Å². The molecule has 1 aliphatic rings. The number of nitrogen functional groups attached to an aromatic ring is 1. The van der Waals surface area contributed by atoms with Gasteiger partial charge in [0.25, 0.3) is 0 Å². The van der Waals surface area contributed by atoms with Crippen molar-refractivity contribution in [1.82, 2.24) is 5.32 Å². The predicted octanol–water partition coefficient (Wildman–Crippen LogP) is 1.58. The van der Waals surface area contributed by atoms with Crippen molar-refractivity contribution in [2.75, 3.05) is 25.6 Å². The number of ether oxygens (including phenoxy) is 2. The molecule has 5 heteroatoms. The number of rotatable bonds is 6. The van der Waals surface area contributed by atoms with Crippen molar-refractivity contribution in [2.24, 2.45) is 5.92 Å². The first kappa shape index (κ1) is 14.7. The van der Waals surface area contributed by atoms with Crippen LogP contribution in [0.5, 0.6) is 5.75 Å². The molecule has 1 amide bonds. The molecule has 1 aliphatic heterocycles. The van der Waals surface area contributed by atoms with Gasteiger partial charge in [0.15, 0.2) is 0 Å². The maximum atomic E-state index is 11.8. The van der Waals surface area contributed by atoms with E-state index in [1.807, 2.05) is 6.92 Å². The van der Waals surface area contributed by atoms with Crippen molar-refractivity contribution in [3.63, 3.8) is 0 Å². The lowest BCUT2D eigenvalue weighted by atomic mass is 10.0. The highest BCUT2D eigenvalue weighted by atomic mass is 16.5. The van der Waals surface area contributed by atoms with E-state index in [0.717, 1.165) is 25.4 Å². The Kier molecular flexibility index (Phi) is 5.24. The fourth-order valence-electron chi connectivity index (χ4n) is 2.22. The second-order valence-electron chi connectivity index (χ2n) is 5.15. The fraction of sp³-hybridized carbons (Fsp3) is 0.533. The molecule has 2 rings (SSSR count). The number of nitrogens with two attached hydrogens (primary N) is 1. The summed E-state index contributed by atoms with van der Waals surface area (Å²) in [5.41, 5.74) is 6.29. The molecule has 0 radical (unpaired) electrons. The first-order valence-corrected chi connectivity index (χ1v) is 7.00. The molecule has 0 aromatic heterocycles. The van der Waals surface area contributed by atoms with Crippen LogP contribution in [0, 0.1) is 5.92 Å². The Bertz CT molecular complexity index is 427. The van der Waals surface area contributed by atoms with E-state index in [1.54, 1.807) is 24.3 Å². The van der Waals surface area contributed by atoms with Gasteiger partial charge in [0, 0.05) is 24.3 Å². The van der Waals surface area contributed by atoms with E-state index < -0.39 is 0 Å². The van der Waals surface area contributed by atoms with E-state index in [0.29, 0.717) is 24.6 Å². The van der Waals surface area contributed by atoms with E-state index in [2.05, 4.69) is 5.32 Å². The Morgan fingerprint density at radius 3 is 2.90 bits per heavy atom. The van der Waals surface area contributed by atoms with Crippen LogP contribution in [0.1, 0.15) is 19.8 Å². The van der Waals surface area contributed by atoms with Gasteiger partial charge in [-0.05, 0) is 37.6 Å². The Morgan fingerprint density at radius 2 is 2.25 bits per heavy atom. The van der Waals surface area contributed by atoms with Gasteiger partial charge in [0.2, 0.25) is 5.91 Å². The summed E-state index contributed by atoms with van der Waals surface area (Å²) in [6.45, 7) is 3.93. The van der Waals surface area contributed by atoms with Gasteiger partial charge in [-0.1, -0.05) is 0 Å². The molecule has 3 N–H and O–H groups in total. The molecule has 0 bridgehead atoms. The summed E-state index contributed by atoms with van der Waals surface area (Å²) in [7, 11) is 0. The van der Waals surface area contributed by atoms with Crippen molar-refractivity contribution in [1.29, 1.82) is 0 Å². The third kappa shape index (κ3) is 4.42. The minimum absolute atomic E-state index is 0.0137. The molecule has 1 saturated heterocycles. The molecule has 1 aromatic carbocycles. The molecule has 110 valence electrons. The minimum atomic E-state index is 0.0137. The van der Waals surface area contributed by atoms with E-state index in [4.69, 9.17) is 15.2 Å². The van der Waals surface area contributed by atoms with Gasteiger partial charge in [-0.15, -0.1) is 0 Å². The second kappa shape index (κ2) is 7.14. The lowest BCUT2D eigenvalue weighted by Gasteiger charge is -2.19. The third-order valence-electron chi connectivity index (χ3n) is 3.54. The van der Waals surface area contributed by atoms with E-state index in [-0.39, 0.29) is 11.9 Å². The summed E-state index contributed by atoms with van der Waals surface area (Å²) in [4.78, 5) is 11.8. The average Bonchev–Trinajstić information content (AvgIpc) is 2.95. The number of hydrogen-bond acceptors (Lipinski definition) is 4. The van der Waals surface area contributed by atoms with Crippen LogP contribution in [0.4, 0.5) is 5.69 Å². The lowest BCUT2D eigenvalue weighted by Crippen LogP contribution is -2.38. The van der Waals surface area contributed by atoms with Crippen molar-refractivity contribution < 1.29 is 14.3 Å². The van der Waals surface area contributed by atoms with Crippen LogP contribution in [-0.4, -0.2) is 31.8 Å². The van der Waals surface area contributed by atoms with Crippen molar-refractivity contribution >= 4 is 11.6 Å². The number of amides is 1. The van der Waals surface area contributed by atoms with Crippen LogP contribution in [0.3, 0.4) is 0 Å². The number of nitrogens with one attached hydrogen (secondary N) is 1. The molecule has 2 unspecified atom stereocenters. The van der Waals surface area contributed by atoms with Crippen LogP contribution in [0.25, 0.3) is 0 Å². The van der Waals surface area contributed by atoms with Crippen LogP contribution < -0.4 is 15.8 Å². The Morgan fingerprint density at radius 1 is 1.50 bits per heavy atom. The number of benzene rings is 1. The standard InChI is InChI=1S/C15H22N2O3/c1-11(12-6-8-19-10-12)17-15(18)7-9-20-14-4-2-13(16)3-5-14/h2-5,11-12H,6-10,16H2,1H3,(H,17,18). The van der Waals surface area contributed by atoms with E-state index in [9.17, 15) is 4.79 Å². The summed E-state index contributed by atoms with van der Waals surface area (Å²) < 4.78 is 10.8. The van der Waals surface area contributed by atoms with Gasteiger partial charge < -0.3 is 20.5 Å². The zero-order chi connectivity index (χ0) is 14.4. The van der Waals surface area contributed by atoms with Crippen LogP contribution in [-0.2, 0) is 9.53 Å². The van der Waals surface area contributed by atoms with Gasteiger partial charge in [-0.25, -0.2) is 0 Å². The van der Waals surface area contributed by atoms with Gasteiger partial charge in [0.1, 0.15) is 5.75 Å². The fourth-order valence-corrected chi connectivity index (χ4v) is 2.22. The highest BCUT2D eigenvalue weighted by molar-refractivity contribution is 5.76. The van der Waals surface area contributed by atoms with Crippen LogP contribution >= 0.6 is 0 Å². The summed E-state index contributed by atoms with van der Waals surface area (Å²) in [5, 5.41) is 3.00. The largest absolute Gasteiger partial charge is 0.493 e. The molecule has 0 spiro atoms. The summed E-state index contributed by atoms with van der Waals surface area (Å²) in [6.07, 6.45) is 1.37. The average molecular weight is 278 g/mol. The van der Waals surface area contributed by atoms with E-state index >= 15 is 0 Å². The number of carbonyl (C=O) groups is 1. The number of anilines is 1. The van der Waals surface area contributed by atoms with Crippen LogP contribution in [0.2, 0.25) is 0 Å². The molecule has 0 saturated carbocycles. The summed E-state index contributed by atoms with van der Waals surface area (Å²) in [6, 6.07) is 7.30.